The summed E-state index contributed by atoms with van der Waals surface area (Å²) in [6.45, 7) is 0. The molecule has 0 fully saturated rings. The van der Waals surface area contributed by atoms with Crippen LogP contribution in [0.25, 0.3) is 11.4 Å². The van der Waals surface area contributed by atoms with Crippen LogP contribution in [0, 0.1) is 5.82 Å². The lowest BCUT2D eigenvalue weighted by atomic mass is 10.2. The molecule has 0 bridgehead atoms. The maximum atomic E-state index is 13.2. The molecule has 3 rings (SSSR count). The minimum atomic E-state index is -0.401. The van der Waals surface area contributed by atoms with Crippen LogP contribution in [-0.2, 0) is 7.05 Å². The number of benzene rings is 2. The van der Waals surface area contributed by atoms with Crippen LogP contribution >= 0.6 is 11.6 Å². The molecule has 118 valence electrons. The quantitative estimate of drug-likeness (QED) is 0.793. The smallest absolute Gasteiger partial charge is 0.231 e. The first-order valence-electron chi connectivity index (χ1n) is 6.85. The minimum absolute atomic E-state index is 0.193. The van der Waals surface area contributed by atoms with Gasteiger partial charge in [-0.1, -0.05) is 11.6 Å². The number of anilines is 2. The summed E-state index contributed by atoms with van der Waals surface area (Å²) < 4.78 is 15.0. The topological polar surface area (TPSA) is 54.2 Å². The molecule has 3 aromatic rings. The summed E-state index contributed by atoms with van der Waals surface area (Å²) in [7, 11) is 3.65. The van der Waals surface area contributed by atoms with E-state index in [-0.39, 0.29) is 10.8 Å². The SMILES string of the molecule is CN(c1ccc(O)cc1)c1nnc(-c2ccc(F)cc2Cl)n1C. The van der Waals surface area contributed by atoms with Gasteiger partial charge in [-0.3, -0.25) is 4.57 Å². The molecular formula is C16H14ClFN4O. The van der Waals surface area contributed by atoms with E-state index in [1.165, 1.54) is 12.1 Å². The third kappa shape index (κ3) is 2.85. The molecule has 0 amide bonds. The molecule has 1 aromatic heterocycles. The lowest BCUT2D eigenvalue weighted by Crippen LogP contribution is -2.14. The molecule has 0 saturated heterocycles. The van der Waals surface area contributed by atoms with E-state index in [1.807, 2.05) is 11.9 Å². The van der Waals surface area contributed by atoms with Gasteiger partial charge >= 0.3 is 0 Å². The van der Waals surface area contributed by atoms with E-state index < -0.39 is 5.82 Å². The molecule has 1 heterocycles. The van der Waals surface area contributed by atoms with Crippen LogP contribution in [0.2, 0.25) is 5.02 Å². The molecule has 0 atom stereocenters. The normalized spacial score (nSPS) is 10.8. The van der Waals surface area contributed by atoms with Crippen molar-refractivity contribution in [3.05, 3.63) is 53.3 Å². The van der Waals surface area contributed by atoms with Gasteiger partial charge in [-0.15, -0.1) is 10.2 Å². The summed E-state index contributed by atoms with van der Waals surface area (Å²) >= 11 is 6.10. The van der Waals surface area contributed by atoms with Gasteiger partial charge in [0.2, 0.25) is 5.95 Å². The highest BCUT2D eigenvalue weighted by Gasteiger charge is 2.17. The maximum Gasteiger partial charge on any atom is 0.231 e. The zero-order chi connectivity index (χ0) is 16.6. The maximum absolute atomic E-state index is 13.2. The predicted octanol–water partition coefficient (Wildman–Crippen LogP) is 3.75. The fourth-order valence-corrected chi connectivity index (χ4v) is 2.56. The standard InChI is InChI=1S/C16H14ClFN4O/c1-21(11-4-6-12(23)7-5-11)16-20-19-15(22(16)2)13-8-3-10(18)9-14(13)17/h3-9,23H,1-2H3. The predicted molar refractivity (Wildman–Crippen MR) is 87.6 cm³/mol. The number of hydrogen-bond acceptors (Lipinski definition) is 4. The van der Waals surface area contributed by atoms with Crippen LogP contribution in [0.4, 0.5) is 16.0 Å². The Bertz CT molecular complexity index is 848. The Kier molecular flexibility index (Phi) is 3.92. The number of aromatic hydroxyl groups is 1. The number of rotatable bonds is 3. The van der Waals surface area contributed by atoms with Crippen molar-refractivity contribution in [1.29, 1.82) is 0 Å². The van der Waals surface area contributed by atoms with Crippen molar-refractivity contribution in [1.82, 2.24) is 14.8 Å². The van der Waals surface area contributed by atoms with Crippen molar-refractivity contribution in [3.8, 4) is 17.1 Å². The minimum Gasteiger partial charge on any atom is -0.508 e. The van der Waals surface area contributed by atoms with E-state index in [9.17, 15) is 9.50 Å². The number of halogens is 2. The Hall–Kier alpha value is -2.60. The molecule has 0 aliphatic heterocycles. The third-order valence-corrected chi connectivity index (χ3v) is 3.87. The van der Waals surface area contributed by atoms with Gasteiger partial charge in [0.1, 0.15) is 11.6 Å². The molecule has 0 aliphatic carbocycles. The van der Waals surface area contributed by atoms with Gasteiger partial charge in [-0.05, 0) is 42.5 Å². The van der Waals surface area contributed by atoms with Crippen LogP contribution in [-0.4, -0.2) is 26.9 Å². The van der Waals surface area contributed by atoms with Crippen molar-refractivity contribution in [2.75, 3.05) is 11.9 Å². The van der Waals surface area contributed by atoms with Gasteiger partial charge in [0.25, 0.3) is 0 Å². The molecule has 0 aliphatic rings. The van der Waals surface area contributed by atoms with Gasteiger partial charge in [-0.2, -0.15) is 0 Å². The summed E-state index contributed by atoms with van der Waals surface area (Å²) in [4.78, 5) is 1.83. The first-order chi connectivity index (χ1) is 11.0. The van der Waals surface area contributed by atoms with E-state index in [4.69, 9.17) is 11.6 Å². The highest BCUT2D eigenvalue weighted by atomic mass is 35.5. The fraction of sp³-hybridized carbons (Fsp3) is 0.125. The molecule has 0 radical (unpaired) electrons. The van der Waals surface area contributed by atoms with Crippen molar-refractivity contribution in [2.24, 2.45) is 7.05 Å². The van der Waals surface area contributed by atoms with Crippen molar-refractivity contribution in [3.63, 3.8) is 0 Å². The summed E-state index contributed by atoms with van der Waals surface area (Å²) in [6.07, 6.45) is 0. The Morgan fingerprint density at radius 3 is 2.48 bits per heavy atom. The summed E-state index contributed by atoms with van der Waals surface area (Å²) in [5.74, 6) is 0.919. The molecule has 0 unspecified atom stereocenters. The van der Waals surface area contributed by atoms with Gasteiger partial charge in [0.05, 0.1) is 5.02 Å². The van der Waals surface area contributed by atoms with Gasteiger partial charge in [0.15, 0.2) is 5.82 Å². The highest BCUT2D eigenvalue weighted by Crippen LogP contribution is 2.30. The van der Waals surface area contributed by atoms with Crippen LogP contribution in [0.15, 0.2) is 42.5 Å². The highest BCUT2D eigenvalue weighted by molar-refractivity contribution is 6.33. The lowest BCUT2D eigenvalue weighted by Gasteiger charge is -2.18. The van der Waals surface area contributed by atoms with Crippen LogP contribution in [0.1, 0.15) is 0 Å². The average molecular weight is 333 g/mol. The number of phenols is 1. The van der Waals surface area contributed by atoms with Gasteiger partial charge < -0.3 is 10.0 Å². The lowest BCUT2D eigenvalue weighted by molar-refractivity contribution is 0.475. The Balaban J connectivity index is 2.00. The number of phenolic OH excluding ortho intramolecular Hbond substituents is 1. The van der Waals surface area contributed by atoms with E-state index >= 15 is 0 Å². The van der Waals surface area contributed by atoms with E-state index in [2.05, 4.69) is 10.2 Å². The van der Waals surface area contributed by atoms with Crippen LogP contribution < -0.4 is 4.90 Å². The summed E-state index contributed by atoms with van der Waals surface area (Å²) in [5, 5.41) is 18.0. The second-order valence-electron chi connectivity index (χ2n) is 5.08. The Morgan fingerprint density at radius 2 is 1.83 bits per heavy atom. The molecule has 7 heteroatoms. The van der Waals surface area contributed by atoms with Gasteiger partial charge in [0, 0.05) is 25.3 Å². The molecular weight excluding hydrogens is 319 g/mol. The number of hydrogen-bond donors (Lipinski definition) is 1. The molecule has 2 aromatic carbocycles. The third-order valence-electron chi connectivity index (χ3n) is 3.56. The average Bonchev–Trinajstić information content (AvgIpc) is 2.89. The molecule has 0 saturated carbocycles. The largest absolute Gasteiger partial charge is 0.508 e. The second kappa shape index (κ2) is 5.89. The zero-order valence-corrected chi connectivity index (χ0v) is 13.3. The van der Waals surface area contributed by atoms with E-state index in [0.29, 0.717) is 17.3 Å². The van der Waals surface area contributed by atoms with E-state index in [1.54, 1.807) is 41.9 Å². The van der Waals surface area contributed by atoms with Gasteiger partial charge in [-0.25, -0.2) is 4.39 Å². The van der Waals surface area contributed by atoms with Crippen molar-refractivity contribution in [2.45, 2.75) is 0 Å². The molecule has 23 heavy (non-hydrogen) atoms. The van der Waals surface area contributed by atoms with E-state index in [0.717, 1.165) is 5.69 Å². The summed E-state index contributed by atoms with van der Waals surface area (Å²) in [5.41, 5.74) is 1.45. The first-order valence-corrected chi connectivity index (χ1v) is 7.23. The Morgan fingerprint density at radius 1 is 1.13 bits per heavy atom. The Labute approximate surface area is 137 Å². The number of nitrogens with zero attached hydrogens (tertiary/aromatic N) is 4. The zero-order valence-electron chi connectivity index (χ0n) is 12.5. The number of aromatic nitrogens is 3. The fourth-order valence-electron chi connectivity index (χ4n) is 2.31. The molecule has 5 nitrogen and oxygen atoms in total. The monoisotopic (exact) mass is 332 g/mol. The first kappa shape index (κ1) is 15.3. The molecule has 0 spiro atoms. The summed E-state index contributed by atoms with van der Waals surface area (Å²) in [6, 6.07) is 10.9. The van der Waals surface area contributed by atoms with Crippen LogP contribution in [0.3, 0.4) is 0 Å². The van der Waals surface area contributed by atoms with Crippen molar-refractivity contribution < 1.29 is 9.50 Å². The second-order valence-corrected chi connectivity index (χ2v) is 5.49. The van der Waals surface area contributed by atoms with Crippen LogP contribution in [0.5, 0.6) is 5.75 Å². The van der Waals surface area contributed by atoms with Crippen molar-refractivity contribution >= 4 is 23.2 Å². The molecule has 1 N–H and O–H groups in total.